The lowest BCUT2D eigenvalue weighted by atomic mass is 10.2. The van der Waals surface area contributed by atoms with Gasteiger partial charge in [0.25, 0.3) is 6.01 Å². The van der Waals surface area contributed by atoms with Crippen LogP contribution in [0.15, 0.2) is 51.8 Å². The molecule has 1 aromatic heterocycles. The minimum atomic E-state index is -3.27. The molecule has 0 unspecified atom stereocenters. The smallest absolute Gasteiger partial charge is 0.300 e. The number of oxazole rings is 1. The number of rotatable bonds is 5. The van der Waals surface area contributed by atoms with Gasteiger partial charge in [-0.15, -0.1) is 0 Å². The number of benzene rings is 2. The molecule has 0 spiro atoms. The summed E-state index contributed by atoms with van der Waals surface area (Å²) in [5, 5.41) is 3.13. The van der Waals surface area contributed by atoms with Gasteiger partial charge >= 0.3 is 0 Å². The fourth-order valence-corrected chi connectivity index (χ4v) is 3.92. The number of ether oxygens (including phenoxy) is 1. The Morgan fingerprint density at radius 2 is 1.85 bits per heavy atom. The molecule has 0 atom stereocenters. The second-order valence-corrected chi connectivity index (χ2v) is 8.60. The van der Waals surface area contributed by atoms with Gasteiger partial charge in [0.05, 0.1) is 23.9 Å². The topological polar surface area (TPSA) is 84.7 Å². The minimum Gasteiger partial charge on any atom is -0.423 e. The Hall–Kier alpha value is -2.58. The first-order chi connectivity index (χ1) is 13.0. The first kappa shape index (κ1) is 17.8. The van der Waals surface area contributed by atoms with Crippen molar-refractivity contribution in [2.45, 2.75) is 11.8 Å². The van der Waals surface area contributed by atoms with E-state index in [9.17, 15) is 8.42 Å². The molecule has 8 heteroatoms. The molecule has 0 bridgehead atoms. The van der Waals surface area contributed by atoms with Crippen molar-refractivity contribution in [2.75, 3.05) is 42.3 Å². The van der Waals surface area contributed by atoms with Crippen molar-refractivity contribution < 1.29 is 17.6 Å². The molecule has 1 aliphatic rings. The summed E-state index contributed by atoms with van der Waals surface area (Å²) in [6, 6.07) is 13.1. The summed E-state index contributed by atoms with van der Waals surface area (Å²) < 4.78 is 35.1. The molecule has 0 saturated carbocycles. The molecule has 7 nitrogen and oxygen atoms in total. The minimum absolute atomic E-state index is 0.0525. The van der Waals surface area contributed by atoms with Crippen molar-refractivity contribution in [3.8, 4) is 0 Å². The highest BCUT2D eigenvalue weighted by molar-refractivity contribution is 7.91. The predicted octanol–water partition coefficient (Wildman–Crippen LogP) is 3.20. The van der Waals surface area contributed by atoms with Crippen LogP contribution in [0, 0.1) is 0 Å². The van der Waals surface area contributed by atoms with E-state index in [4.69, 9.17) is 9.15 Å². The van der Waals surface area contributed by atoms with Crippen molar-refractivity contribution in [3.63, 3.8) is 0 Å². The molecule has 1 N–H and O–H groups in total. The van der Waals surface area contributed by atoms with Crippen molar-refractivity contribution in [3.05, 3.63) is 42.5 Å². The molecule has 2 aromatic carbocycles. The van der Waals surface area contributed by atoms with Crippen LogP contribution in [0.3, 0.4) is 0 Å². The number of sulfone groups is 1. The molecule has 4 rings (SSSR count). The first-order valence-corrected chi connectivity index (χ1v) is 10.5. The standard InChI is InChI=1S/C19H21N3O4S/c1-2-27(23,24)16-7-8-18-17(13-16)21-19(26-18)20-14-3-5-15(6-4-14)22-9-11-25-12-10-22/h3-8,13H,2,9-12H2,1H3,(H,20,21). The van der Waals surface area contributed by atoms with Crippen LogP contribution in [0.1, 0.15) is 6.92 Å². The van der Waals surface area contributed by atoms with Gasteiger partial charge in [0, 0.05) is 24.5 Å². The molecule has 0 aliphatic carbocycles. The maximum Gasteiger partial charge on any atom is 0.300 e. The van der Waals surface area contributed by atoms with Crippen LogP contribution in [0.2, 0.25) is 0 Å². The summed E-state index contributed by atoms with van der Waals surface area (Å²) in [4.78, 5) is 6.90. The molecular weight excluding hydrogens is 366 g/mol. The van der Waals surface area contributed by atoms with E-state index in [2.05, 4.69) is 15.2 Å². The fraction of sp³-hybridized carbons (Fsp3) is 0.316. The first-order valence-electron chi connectivity index (χ1n) is 8.88. The van der Waals surface area contributed by atoms with Crippen molar-refractivity contribution in [1.29, 1.82) is 0 Å². The SMILES string of the molecule is CCS(=O)(=O)c1ccc2oc(Nc3ccc(N4CCOCC4)cc3)nc2c1. The van der Waals surface area contributed by atoms with Crippen LogP contribution < -0.4 is 10.2 Å². The molecular formula is C19H21N3O4S. The maximum absolute atomic E-state index is 12.0. The predicted molar refractivity (Wildman–Crippen MR) is 104 cm³/mol. The fourth-order valence-electron chi connectivity index (χ4n) is 3.02. The molecule has 0 amide bonds. The van der Waals surface area contributed by atoms with Gasteiger partial charge in [0.15, 0.2) is 15.4 Å². The van der Waals surface area contributed by atoms with Crippen LogP contribution >= 0.6 is 0 Å². The quantitative estimate of drug-likeness (QED) is 0.719. The second kappa shape index (κ2) is 7.21. The second-order valence-electron chi connectivity index (χ2n) is 6.32. The zero-order valence-corrected chi connectivity index (χ0v) is 15.8. The van der Waals surface area contributed by atoms with Gasteiger partial charge in [-0.05, 0) is 42.5 Å². The number of morpholine rings is 1. The van der Waals surface area contributed by atoms with E-state index in [0.717, 1.165) is 37.7 Å². The zero-order chi connectivity index (χ0) is 18.9. The van der Waals surface area contributed by atoms with Crippen LogP contribution in [-0.2, 0) is 14.6 Å². The van der Waals surface area contributed by atoms with Gasteiger partial charge < -0.3 is 19.4 Å². The molecule has 142 valence electrons. The van der Waals surface area contributed by atoms with Crippen molar-refractivity contribution in [1.82, 2.24) is 4.98 Å². The molecule has 1 fully saturated rings. The molecule has 2 heterocycles. The van der Waals surface area contributed by atoms with E-state index in [-0.39, 0.29) is 10.6 Å². The summed E-state index contributed by atoms with van der Waals surface area (Å²) in [6.07, 6.45) is 0. The third-order valence-corrected chi connectivity index (χ3v) is 6.33. The number of hydrogen-bond donors (Lipinski definition) is 1. The van der Waals surface area contributed by atoms with Gasteiger partial charge in [0.1, 0.15) is 5.52 Å². The van der Waals surface area contributed by atoms with Crippen LogP contribution in [0.25, 0.3) is 11.1 Å². The highest BCUT2D eigenvalue weighted by atomic mass is 32.2. The van der Waals surface area contributed by atoms with Gasteiger partial charge in [-0.1, -0.05) is 6.92 Å². The van der Waals surface area contributed by atoms with Gasteiger partial charge in [-0.2, -0.15) is 4.98 Å². The number of nitrogens with one attached hydrogen (secondary N) is 1. The Morgan fingerprint density at radius 1 is 1.11 bits per heavy atom. The Bertz CT molecular complexity index is 1040. The molecule has 1 saturated heterocycles. The maximum atomic E-state index is 12.0. The lowest BCUT2D eigenvalue weighted by molar-refractivity contribution is 0.122. The lowest BCUT2D eigenvalue weighted by Gasteiger charge is -2.28. The Morgan fingerprint density at radius 3 is 2.56 bits per heavy atom. The van der Waals surface area contributed by atoms with Crippen LogP contribution in [0.5, 0.6) is 0 Å². The Labute approximate surface area is 157 Å². The summed E-state index contributed by atoms with van der Waals surface area (Å²) in [7, 11) is -3.27. The van der Waals surface area contributed by atoms with Crippen LogP contribution in [-0.4, -0.2) is 45.5 Å². The average Bonchev–Trinajstić information content (AvgIpc) is 3.10. The van der Waals surface area contributed by atoms with Crippen molar-refractivity contribution >= 4 is 38.3 Å². The number of hydrogen-bond acceptors (Lipinski definition) is 7. The van der Waals surface area contributed by atoms with Crippen molar-refractivity contribution in [2.24, 2.45) is 0 Å². The molecule has 0 radical (unpaired) electrons. The molecule has 3 aromatic rings. The largest absolute Gasteiger partial charge is 0.423 e. The third-order valence-electron chi connectivity index (χ3n) is 4.59. The van der Waals surface area contributed by atoms with E-state index in [1.54, 1.807) is 25.1 Å². The van der Waals surface area contributed by atoms with E-state index in [1.807, 2.05) is 24.3 Å². The lowest BCUT2D eigenvalue weighted by Crippen LogP contribution is -2.36. The summed E-state index contributed by atoms with van der Waals surface area (Å²) >= 11 is 0. The normalized spacial score (nSPS) is 15.2. The van der Waals surface area contributed by atoms with E-state index in [0.29, 0.717) is 17.1 Å². The number of fused-ring (bicyclic) bond motifs is 1. The average molecular weight is 387 g/mol. The number of anilines is 3. The van der Waals surface area contributed by atoms with E-state index in [1.165, 1.54) is 0 Å². The highest BCUT2D eigenvalue weighted by Gasteiger charge is 2.15. The highest BCUT2D eigenvalue weighted by Crippen LogP contribution is 2.26. The van der Waals surface area contributed by atoms with Gasteiger partial charge in [0.2, 0.25) is 0 Å². The molecule has 1 aliphatic heterocycles. The summed E-state index contributed by atoms with van der Waals surface area (Å²) in [6.45, 7) is 4.90. The number of nitrogens with zero attached hydrogens (tertiary/aromatic N) is 2. The zero-order valence-electron chi connectivity index (χ0n) is 15.0. The van der Waals surface area contributed by atoms with E-state index >= 15 is 0 Å². The number of aromatic nitrogens is 1. The summed E-state index contributed by atoms with van der Waals surface area (Å²) in [5.74, 6) is 0.0525. The van der Waals surface area contributed by atoms with E-state index < -0.39 is 9.84 Å². The Balaban J connectivity index is 1.53. The van der Waals surface area contributed by atoms with Gasteiger partial charge in [-0.25, -0.2) is 8.42 Å². The third kappa shape index (κ3) is 3.77. The Kier molecular flexibility index (Phi) is 4.75. The summed E-state index contributed by atoms with van der Waals surface area (Å²) in [5.41, 5.74) is 3.05. The van der Waals surface area contributed by atoms with Crippen LogP contribution in [0.4, 0.5) is 17.4 Å². The monoisotopic (exact) mass is 387 g/mol. The van der Waals surface area contributed by atoms with Gasteiger partial charge in [-0.3, -0.25) is 0 Å². The molecule has 27 heavy (non-hydrogen) atoms.